The van der Waals surface area contributed by atoms with Crippen molar-refractivity contribution in [2.45, 2.75) is 13.0 Å². The third-order valence-corrected chi connectivity index (χ3v) is 4.10. The first-order valence-corrected chi connectivity index (χ1v) is 7.05. The molecule has 0 fully saturated rings. The summed E-state index contributed by atoms with van der Waals surface area (Å²) >= 11 is 13.7. The molecule has 5 heteroatoms. The van der Waals surface area contributed by atoms with Crippen molar-refractivity contribution in [1.82, 2.24) is 0 Å². The van der Waals surface area contributed by atoms with Crippen molar-refractivity contribution in [3.05, 3.63) is 50.1 Å². The van der Waals surface area contributed by atoms with Gasteiger partial charge in [-0.15, -0.1) is 11.3 Å². The SMILES string of the molecule is Cc1ccc(C(CN)Oc2cc(Cl)ccc2Cl)s1. The summed E-state index contributed by atoms with van der Waals surface area (Å²) in [5, 5.41) is 1.12. The zero-order chi connectivity index (χ0) is 13.1. The maximum atomic E-state index is 6.07. The number of hydrogen-bond donors (Lipinski definition) is 1. The molecular formula is C13H13Cl2NOS. The standard InChI is InChI=1S/C13H13Cl2NOS/c1-8-2-5-13(18-8)12(7-16)17-11-6-9(14)3-4-10(11)15/h2-6,12H,7,16H2,1H3. The van der Waals surface area contributed by atoms with E-state index in [1.165, 1.54) is 4.88 Å². The van der Waals surface area contributed by atoms with E-state index in [-0.39, 0.29) is 6.10 Å². The van der Waals surface area contributed by atoms with Gasteiger partial charge in [0.15, 0.2) is 0 Å². The van der Waals surface area contributed by atoms with Crippen molar-refractivity contribution >= 4 is 34.5 Å². The molecule has 1 aromatic heterocycles. The van der Waals surface area contributed by atoms with Gasteiger partial charge in [0, 0.05) is 27.4 Å². The minimum absolute atomic E-state index is 0.195. The molecule has 1 atom stereocenters. The number of aryl methyl sites for hydroxylation is 1. The van der Waals surface area contributed by atoms with Crippen LogP contribution in [0.3, 0.4) is 0 Å². The van der Waals surface area contributed by atoms with Crippen LogP contribution in [0.25, 0.3) is 0 Å². The van der Waals surface area contributed by atoms with Gasteiger partial charge in [-0.05, 0) is 31.2 Å². The number of ether oxygens (including phenoxy) is 1. The van der Waals surface area contributed by atoms with Crippen molar-refractivity contribution in [2.24, 2.45) is 5.73 Å². The molecule has 0 saturated carbocycles. The molecule has 0 radical (unpaired) electrons. The fourth-order valence-corrected chi connectivity index (χ4v) is 2.81. The van der Waals surface area contributed by atoms with E-state index in [1.54, 1.807) is 29.5 Å². The average molecular weight is 302 g/mol. The van der Waals surface area contributed by atoms with Crippen LogP contribution in [0.1, 0.15) is 15.9 Å². The lowest BCUT2D eigenvalue weighted by Crippen LogP contribution is -2.17. The summed E-state index contributed by atoms with van der Waals surface area (Å²) in [7, 11) is 0. The smallest absolute Gasteiger partial charge is 0.145 e. The second kappa shape index (κ2) is 5.93. The maximum Gasteiger partial charge on any atom is 0.145 e. The fraction of sp³-hybridized carbons (Fsp3) is 0.231. The lowest BCUT2D eigenvalue weighted by molar-refractivity contribution is 0.218. The summed E-state index contributed by atoms with van der Waals surface area (Å²) in [6.45, 7) is 2.44. The van der Waals surface area contributed by atoms with Crippen LogP contribution in [0.5, 0.6) is 5.75 Å². The molecule has 0 bridgehead atoms. The van der Waals surface area contributed by atoms with Crippen LogP contribution >= 0.6 is 34.5 Å². The Balaban J connectivity index is 2.22. The van der Waals surface area contributed by atoms with Gasteiger partial charge in [-0.1, -0.05) is 23.2 Å². The van der Waals surface area contributed by atoms with Crippen molar-refractivity contribution in [3.8, 4) is 5.75 Å². The molecule has 2 nitrogen and oxygen atoms in total. The molecular weight excluding hydrogens is 289 g/mol. The monoisotopic (exact) mass is 301 g/mol. The van der Waals surface area contributed by atoms with Gasteiger partial charge in [-0.3, -0.25) is 0 Å². The van der Waals surface area contributed by atoms with Crippen LogP contribution in [0.4, 0.5) is 0 Å². The molecule has 1 heterocycles. The molecule has 0 spiro atoms. The third kappa shape index (κ3) is 3.18. The van der Waals surface area contributed by atoms with E-state index < -0.39 is 0 Å². The highest BCUT2D eigenvalue weighted by Gasteiger charge is 2.15. The fourth-order valence-electron chi connectivity index (χ4n) is 1.57. The van der Waals surface area contributed by atoms with E-state index in [0.29, 0.717) is 22.3 Å². The van der Waals surface area contributed by atoms with Crippen LogP contribution in [-0.2, 0) is 0 Å². The number of benzene rings is 1. The molecule has 0 aliphatic rings. The first-order valence-electron chi connectivity index (χ1n) is 5.48. The largest absolute Gasteiger partial charge is 0.482 e. The Bertz CT molecular complexity index is 542. The van der Waals surface area contributed by atoms with Crippen LogP contribution in [-0.4, -0.2) is 6.54 Å². The Morgan fingerprint density at radius 2 is 2.06 bits per heavy atom. The van der Waals surface area contributed by atoms with Crippen molar-refractivity contribution < 1.29 is 4.74 Å². The molecule has 1 unspecified atom stereocenters. The lowest BCUT2D eigenvalue weighted by atomic mass is 10.2. The van der Waals surface area contributed by atoms with Crippen LogP contribution < -0.4 is 10.5 Å². The molecule has 0 saturated heterocycles. The van der Waals surface area contributed by atoms with Crippen LogP contribution in [0.2, 0.25) is 10.0 Å². The number of nitrogens with two attached hydrogens (primary N) is 1. The summed E-state index contributed by atoms with van der Waals surface area (Å²) in [6, 6.07) is 9.21. The number of halogens is 2. The first-order chi connectivity index (χ1) is 8.60. The summed E-state index contributed by atoms with van der Waals surface area (Å²) < 4.78 is 5.84. The Morgan fingerprint density at radius 1 is 1.28 bits per heavy atom. The summed E-state index contributed by atoms with van der Waals surface area (Å²) in [5.41, 5.74) is 5.76. The van der Waals surface area contributed by atoms with Gasteiger partial charge in [-0.25, -0.2) is 0 Å². The first kappa shape index (κ1) is 13.7. The van der Waals surface area contributed by atoms with Crippen LogP contribution in [0, 0.1) is 6.92 Å². The van der Waals surface area contributed by atoms with Crippen molar-refractivity contribution in [1.29, 1.82) is 0 Å². The second-order valence-corrected chi connectivity index (χ2v) is 6.03. The van der Waals surface area contributed by atoms with Gasteiger partial charge in [0.1, 0.15) is 11.9 Å². The van der Waals surface area contributed by atoms with Gasteiger partial charge in [-0.2, -0.15) is 0 Å². The molecule has 2 aromatic rings. The Kier molecular flexibility index (Phi) is 4.51. The topological polar surface area (TPSA) is 35.2 Å². The van der Waals surface area contributed by atoms with E-state index in [2.05, 4.69) is 0 Å². The van der Waals surface area contributed by atoms with Gasteiger partial charge in [0.25, 0.3) is 0 Å². The Hall–Kier alpha value is -0.740. The van der Waals surface area contributed by atoms with E-state index in [1.807, 2.05) is 19.1 Å². The minimum Gasteiger partial charge on any atom is -0.482 e. The predicted octanol–water partition coefficient (Wildman–Crippen LogP) is 4.44. The highest BCUT2D eigenvalue weighted by molar-refractivity contribution is 7.12. The molecule has 1 aromatic carbocycles. The molecule has 2 rings (SSSR count). The van der Waals surface area contributed by atoms with E-state index in [9.17, 15) is 0 Å². The number of hydrogen-bond acceptors (Lipinski definition) is 3. The maximum absolute atomic E-state index is 6.07. The second-order valence-electron chi connectivity index (χ2n) is 3.87. The summed E-state index contributed by atoms with van der Waals surface area (Å²) in [6.07, 6.45) is -0.195. The van der Waals surface area contributed by atoms with Gasteiger partial charge in [0.05, 0.1) is 5.02 Å². The van der Waals surface area contributed by atoms with Crippen molar-refractivity contribution in [2.75, 3.05) is 6.54 Å². The van der Waals surface area contributed by atoms with E-state index in [4.69, 9.17) is 33.7 Å². The normalized spacial score (nSPS) is 12.4. The Labute approximate surface area is 120 Å². The van der Waals surface area contributed by atoms with Gasteiger partial charge < -0.3 is 10.5 Å². The molecule has 0 amide bonds. The van der Waals surface area contributed by atoms with Gasteiger partial charge >= 0.3 is 0 Å². The van der Waals surface area contributed by atoms with Crippen molar-refractivity contribution in [3.63, 3.8) is 0 Å². The third-order valence-electron chi connectivity index (χ3n) is 2.46. The summed E-state index contributed by atoms with van der Waals surface area (Å²) in [4.78, 5) is 2.32. The highest BCUT2D eigenvalue weighted by Crippen LogP contribution is 2.33. The molecule has 0 aliphatic heterocycles. The van der Waals surface area contributed by atoms with Crippen LogP contribution in [0.15, 0.2) is 30.3 Å². The zero-order valence-corrected chi connectivity index (χ0v) is 12.1. The molecule has 18 heavy (non-hydrogen) atoms. The lowest BCUT2D eigenvalue weighted by Gasteiger charge is -2.17. The molecule has 96 valence electrons. The number of thiophene rings is 1. The molecule has 2 N–H and O–H groups in total. The summed E-state index contributed by atoms with van der Waals surface area (Å²) in [5.74, 6) is 0.561. The average Bonchev–Trinajstić information content (AvgIpc) is 2.77. The predicted molar refractivity (Wildman–Crippen MR) is 77.9 cm³/mol. The molecule has 0 aliphatic carbocycles. The van der Waals surface area contributed by atoms with E-state index in [0.717, 1.165) is 4.88 Å². The quantitative estimate of drug-likeness (QED) is 0.906. The number of rotatable bonds is 4. The van der Waals surface area contributed by atoms with Gasteiger partial charge in [0.2, 0.25) is 0 Å². The highest BCUT2D eigenvalue weighted by atomic mass is 35.5. The van der Waals surface area contributed by atoms with E-state index >= 15 is 0 Å². The Morgan fingerprint density at radius 3 is 2.67 bits per heavy atom. The minimum atomic E-state index is -0.195. The zero-order valence-electron chi connectivity index (χ0n) is 9.82.